The number of rotatable bonds is 3. The van der Waals surface area contributed by atoms with Gasteiger partial charge in [-0.05, 0) is 57.3 Å². The maximum atomic E-state index is 14.0. The van der Waals surface area contributed by atoms with Crippen molar-refractivity contribution < 1.29 is 34.8 Å². The molecular formula is C30H35N3O7. The minimum absolute atomic E-state index is 0.0443. The van der Waals surface area contributed by atoms with E-state index in [0.29, 0.717) is 16.8 Å². The summed E-state index contributed by atoms with van der Waals surface area (Å²) in [6.45, 7) is 0. The molecule has 6 N–H and O–H groups in total. The van der Waals surface area contributed by atoms with Crippen LogP contribution in [0.25, 0.3) is 5.76 Å². The summed E-state index contributed by atoms with van der Waals surface area (Å²) < 4.78 is 0. The molecule has 40 heavy (non-hydrogen) atoms. The summed E-state index contributed by atoms with van der Waals surface area (Å²) in [5, 5.41) is 45.6. The van der Waals surface area contributed by atoms with E-state index in [9.17, 15) is 34.8 Å². The van der Waals surface area contributed by atoms with Crippen LogP contribution in [-0.4, -0.2) is 82.6 Å². The van der Waals surface area contributed by atoms with Gasteiger partial charge in [0.25, 0.3) is 5.91 Å². The van der Waals surface area contributed by atoms with E-state index in [1.54, 1.807) is 20.2 Å². The fourth-order valence-electron chi connectivity index (χ4n) is 7.04. The molecular weight excluding hydrogens is 514 g/mol. The third-order valence-electron chi connectivity index (χ3n) is 8.95. The van der Waals surface area contributed by atoms with Crippen LogP contribution < -0.4 is 10.6 Å². The topological polar surface area (TPSA) is 165 Å². The number of primary amides is 1. The van der Waals surface area contributed by atoms with Crippen LogP contribution >= 0.6 is 0 Å². The number of hydrogen-bond acceptors (Lipinski definition) is 9. The van der Waals surface area contributed by atoms with E-state index >= 15 is 0 Å². The van der Waals surface area contributed by atoms with Crippen molar-refractivity contribution in [2.75, 3.05) is 33.1 Å². The molecule has 10 nitrogen and oxygen atoms in total. The fraction of sp³-hybridized carbons (Fsp3) is 0.500. The molecule has 0 aliphatic heterocycles. The van der Waals surface area contributed by atoms with Crippen LogP contribution in [0.15, 0.2) is 23.0 Å². The lowest BCUT2D eigenvalue weighted by atomic mass is 9.57. The van der Waals surface area contributed by atoms with Crippen LogP contribution in [0.5, 0.6) is 5.75 Å². The molecule has 4 aliphatic rings. The number of Topliss-reactive ketones (excluding diaryl/α,β-unsaturated/α-hetero) is 2. The molecule has 0 saturated heterocycles. The van der Waals surface area contributed by atoms with Gasteiger partial charge in [0.15, 0.2) is 11.4 Å². The number of ketones is 2. The van der Waals surface area contributed by atoms with Gasteiger partial charge in [-0.2, -0.15) is 0 Å². The second-order valence-corrected chi connectivity index (χ2v) is 11.8. The molecule has 2 fully saturated rings. The zero-order chi connectivity index (χ0) is 29.3. The van der Waals surface area contributed by atoms with E-state index in [2.05, 4.69) is 11.8 Å². The van der Waals surface area contributed by atoms with Crippen molar-refractivity contribution in [3.05, 3.63) is 39.7 Å². The number of nitrogens with zero attached hydrogens (tertiary/aromatic N) is 2. The van der Waals surface area contributed by atoms with Gasteiger partial charge < -0.3 is 31.1 Å². The number of phenols is 1. The van der Waals surface area contributed by atoms with Gasteiger partial charge in [0.1, 0.15) is 22.8 Å². The van der Waals surface area contributed by atoms with E-state index < -0.39 is 58.0 Å². The highest BCUT2D eigenvalue weighted by molar-refractivity contribution is 6.24. The molecule has 0 radical (unpaired) electrons. The van der Waals surface area contributed by atoms with Crippen molar-refractivity contribution in [1.29, 1.82) is 0 Å². The number of carbonyl (C=O) groups excluding carboxylic acids is 3. The van der Waals surface area contributed by atoms with Crippen molar-refractivity contribution in [3.63, 3.8) is 0 Å². The molecule has 5 rings (SSSR count). The van der Waals surface area contributed by atoms with Gasteiger partial charge in [-0.1, -0.05) is 24.7 Å². The van der Waals surface area contributed by atoms with Gasteiger partial charge >= 0.3 is 0 Å². The summed E-state index contributed by atoms with van der Waals surface area (Å²) in [5.41, 5.74) is 3.41. The summed E-state index contributed by atoms with van der Waals surface area (Å²) >= 11 is 0. The van der Waals surface area contributed by atoms with Crippen molar-refractivity contribution >= 4 is 28.9 Å². The maximum absolute atomic E-state index is 14.0. The third kappa shape index (κ3) is 3.91. The first kappa shape index (κ1) is 27.7. The van der Waals surface area contributed by atoms with Crippen molar-refractivity contribution in [1.82, 2.24) is 4.90 Å². The summed E-state index contributed by atoms with van der Waals surface area (Å²) in [5.74, 6) is -0.159. The number of fused-ring (bicyclic) bond motifs is 3. The van der Waals surface area contributed by atoms with Gasteiger partial charge in [0.2, 0.25) is 5.78 Å². The number of phenolic OH excluding ortho intramolecular Hbond substituents is 1. The molecule has 10 heteroatoms. The Morgan fingerprint density at radius 1 is 1.10 bits per heavy atom. The Morgan fingerprint density at radius 3 is 2.33 bits per heavy atom. The Labute approximate surface area is 232 Å². The molecule has 4 aliphatic carbocycles. The minimum atomic E-state index is -2.66. The number of aromatic hydroxyl groups is 1. The van der Waals surface area contributed by atoms with Gasteiger partial charge in [0, 0.05) is 37.2 Å². The van der Waals surface area contributed by atoms with Crippen molar-refractivity contribution in [2.24, 2.45) is 23.5 Å². The van der Waals surface area contributed by atoms with E-state index in [1.807, 2.05) is 19.0 Å². The lowest BCUT2D eigenvalue weighted by Crippen LogP contribution is -2.65. The van der Waals surface area contributed by atoms with Gasteiger partial charge in [-0.15, -0.1) is 0 Å². The standard InChI is InChI=1S/C30H35N3O7/c1-32(2)19-13-15(10-9-14-7-5-6-8-14)24(34)21-17(19)11-16-12-18-23(33(3)4)26(36)22(29(31)39)28(38)30(18,40)27(37)20(16)25(21)35/h13-14,16,18,23,34-35,38,40H,5-8,11-12H2,1-4H3,(H2,31,39)/t16-,18-,23-,30-/m0/s1. The number of nitrogens with two attached hydrogens (primary N) is 1. The highest BCUT2D eigenvalue weighted by Crippen LogP contribution is 2.54. The van der Waals surface area contributed by atoms with Gasteiger partial charge in [-0.3, -0.25) is 19.3 Å². The van der Waals surface area contributed by atoms with Crippen LogP contribution in [0.2, 0.25) is 0 Å². The average Bonchev–Trinajstić information content (AvgIpc) is 3.39. The Balaban J connectivity index is 1.71. The zero-order valence-corrected chi connectivity index (χ0v) is 23.1. The highest BCUT2D eigenvalue weighted by atomic mass is 16.3. The van der Waals surface area contributed by atoms with Crippen molar-refractivity contribution in [3.8, 4) is 17.6 Å². The smallest absolute Gasteiger partial charge is 0.255 e. The van der Waals surface area contributed by atoms with Crippen LogP contribution in [0.1, 0.15) is 48.8 Å². The molecule has 1 aromatic carbocycles. The van der Waals surface area contributed by atoms with E-state index in [-0.39, 0.29) is 35.6 Å². The number of benzene rings is 1. The monoisotopic (exact) mass is 549 g/mol. The second-order valence-electron chi connectivity index (χ2n) is 11.8. The fourth-order valence-corrected chi connectivity index (χ4v) is 7.04. The number of hydrogen-bond donors (Lipinski definition) is 5. The lowest BCUT2D eigenvalue weighted by Gasteiger charge is -2.50. The largest absolute Gasteiger partial charge is 0.508 e. The Kier molecular flexibility index (Phi) is 6.71. The van der Waals surface area contributed by atoms with Crippen LogP contribution in [-0.2, 0) is 20.8 Å². The van der Waals surface area contributed by atoms with Crippen LogP contribution in [0.3, 0.4) is 0 Å². The van der Waals surface area contributed by atoms with Gasteiger partial charge in [0.05, 0.1) is 17.2 Å². The lowest BCUT2D eigenvalue weighted by molar-refractivity contribution is -0.153. The molecule has 0 spiro atoms. The Morgan fingerprint density at radius 2 is 1.75 bits per heavy atom. The zero-order valence-electron chi connectivity index (χ0n) is 23.1. The molecule has 0 unspecified atom stereocenters. The molecule has 4 atom stereocenters. The summed E-state index contributed by atoms with van der Waals surface area (Å²) in [4.78, 5) is 42.7. The average molecular weight is 550 g/mol. The molecule has 0 bridgehead atoms. The summed E-state index contributed by atoms with van der Waals surface area (Å²) in [6.07, 6.45) is 4.47. The molecule has 1 amide bonds. The number of carbonyl (C=O) groups is 3. The normalized spacial score (nSPS) is 28.2. The molecule has 1 aromatic rings. The maximum Gasteiger partial charge on any atom is 0.255 e. The minimum Gasteiger partial charge on any atom is -0.508 e. The highest BCUT2D eigenvalue weighted by Gasteiger charge is 2.64. The molecule has 0 heterocycles. The molecule has 0 aromatic heterocycles. The first-order valence-corrected chi connectivity index (χ1v) is 13.5. The van der Waals surface area contributed by atoms with Crippen LogP contribution in [0, 0.1) is 29.6 Å². The van der Waals surface area contributed by atoms with Crippen LogP contribution in [0.4, 0.5) is 5.69 Å². The number of amides is 1. The number of likely N-dealkylation sites (N-methyl/N-ethyl adjacent to an activating group) is 1. The predicted octanol–water partition coefficient (Wildman–Crippen LogP) is 1.57. The first-order valence-electron chi connectivity index (χ1n) is 13.5. The summed E-state index contributed by atoms with van der Waals surface area (Å²) in [6, 6.07) is 0.656. The SMILES string of the molecule is CN(C)c1cc(C#CC2CCCC2)c(O)c2c1C[C@H]1C[C@H]3[C@H](N(C)C)C(=O)C(C(N)=O)=C(O)[C@@]3(O)C(=O)C1=C2O. The van der Waals surface area contributed by atoms with Crippen molar-refractivity contribution in [2.45, 2.75) is 50.2 Å². The molecule has 2 saturated carbocycles. The predicted molar refractivity (Wildman–Crippen MR) is 147 cm³/mol. The molecule has 212 valence electrons. The number of aliphatic hydroxyl groups is 3. The number of anilines is 1. The quantitative estimate of drug-likeness (QED) is 0.278. The Bertz CT molecular complexity index is 1460. The second kappa shape index (κ2) is 9.68. The number of aliphatic hydroxyl groups excluding tert-OH is 2. The van der Waals surface area contributed by atoms with E-state index in [1.165, 1.54) is 4.90 Å². The summed E-state index contributed by atoms with van der Waals surface area (Å²) in [7, 11) is 6.81. The third-order valence-corrected chi connectivity index (χ3v) is 8.95. The first-order chi connectivity index (χ1) is 18.8. The van der Waals surface area contributed by atoms with E-state index in [4.69, 9.17) is 5.73 Å². The van der Waals surface area contributed by atoms with E-state index in [0.717, 1.165) is 25.7 Å². The Hall–Kier alpha value is -3.81. The van der Waals surface area contributed by atoms with Gasteiger partial charge in [-0.25, -0.2) is 0 Å².